The van der Waals surface area contributed by atoms with Crippen molar-refractivity contribution in [1.29, 1.82) is 0 Å². The van der Waals surface area contributed by atoms with Gasteiger partial charge in [-0.15, -0.1) is 6.58 Å². The number of nitrogens with zero attached hydrogens (tertiary/aromatic N) is 2. The van der Waals surface area contributed by atoms with Gasteiger partial charge < -0.3 is 4.90 Å². The van der Waals surface area contributed by atoms with Crippen molar-refractivity contribution in [2.45, 2.75) is 17.7 Å². The summed E-state index contributed by atoms with van der Waals surface area (Å²) in [5, 5.41) is 0.458. The molecule has 0 spiro atoms. The van der Waals surface area contributed by atoms with Crippen LogP contribution in [0.1, 0.15) is 5.56 Å². The molecule has 2 heterocycles. The Morgan fingerprint density at radius 3 is 2.75 bits per heavy atom. The molecule has 0 saturated carbocycles. The summed E-state index contributed by atoms with van der Waals surface area (Å²) in [6.07, 6.45) is 1.76. The van der Waals surface area contributed by atoms with Gasteiger partial charge >= 0.3 is 0 Å². The van der Waals surface area contributed by atoms with E-state index in [1.807, 2.05) is 4.90 Å². The molecule has 1 aromatic rings. The van der Waals surface area contributed by atoms with Crippen molar-refractivity contribution >= 4 is 32.7 Å². The maximum atomic E-state index is 12.9. The van der Waals surface area contributed by atoms with Gasteiger partial charge in [-0.2, -0.15) is 4.99 Å². The molecule has 3 rings (SSSR count). The molecule has 0 aliphatic carbocycles. The van der Waals surface area contributed by atoms with Crippen LogP contribution in [0.4, 0.5) is 4.39 Å². The smallest absolute Gasteiger partial charge is 0.252 e. The van der Waals surface area contributed by atoms with Crippen LogP contribution >= 0.6 is 11.8 Å². The molecule has 2 aliphatic heterocycles. The van der Waals surface area contributed by atoms with Crippen LogP contribution in [0.15, 0.2) is 41.9 Å². The second kappa shape index (κ2) is 6.68. The normalized spacial score (nSPS) is 26.5. The Morgan fingerprint density at radius 2 is 2.08 bits per heavy atom. The van der Waals surface area contributed by atoms with Crippen LogP contribution in [0, 0.1) is 5.82 Å². The standard InChI is InChI=1S/C16H17FN2O3S2/c1-2-7-19-13-9-24(21,22)10-14(13)23-16(19)18-15(20)8-11-3-5-12(17)6-4-11/h2-6,13-14H,1,7-10H2/t13-,14-/m0/s1. The third-order valence-corrected chi connectivity index (χ3v) is 7.24. The average molecular weight is 368 g/mol. The maximum Gasteiger partial charge on any atom is 0.252 e. The minimum absolute atomic E-state index is 0.0832. The zero-order valence-corrected chi connectivity index (χ0v) is 14.5. The highest BCUT2D eigenvalue weighted by atomic mass is 32.2. The number of amides is 1. The summed E-state index contributed by atoms with van der Waals surface area (Å²) in [6, 6.07) is 5.56. The molecule has 8 heteroatoms. The zero-order valence-electron chi connectivity index (χ0n) is 12.9. The number of amidine groups is 1. The third-order valence-electron chi connectivity index (χ3n) is 3.99. The van der Waals surface area contributed by atoms with Crippen LogP contribution in [-0.2, 0) is 21.1 Å². The molecule has 0 aromatic heterocycles. The van der Waals surface area contributed by atoms with Crippen LogP contribution in [0.2, 0.25) is 0 Å². The molecule has 0 radical (unpaired) electrons. The fraction of sp³-hybridized carbons (Fsp3) is 0.375. The van der Waals surface area contributed by atoms with E-state index in [-0.39, 0.29) is 40.9 Å². The minimum atomic E-state index is -3.03. The largest absolute Gasteiger partial charge is 0.342 e. The van der Waals surface area contributed by atoms with Crippen molar-refractivity contribution in [2.24, 2.45) is 4.99 Å². The summed E-state index contributed by atoms with van der Waals surface area (Å²) in [7, 11) is -3.03. The topological polar surface area (TPSA) is 66.8 Å². The first-order chi connectivity index (χ1) is 11.4. The molecule has 0 unspecified atom stereocenters. The van der Waals surface area contributed by atoms with E-state index in [1.54, 1.807) is 18.2 Å². The number of hydrogen-bond donors (Lipinski definition) is 0. The van der Waals surface area contributed by atoms with E-state index in [0.29, 0.717) is 17.3 Å². The van der Waals surface area contributed by atoms with E-state index < -0.39 is 9.84 Å². The molecule has 1 aromatic carbocycles. The van der Waals surface area contributed by atoms with Crippen molar-refractivity contribution in [1.82, 2.24) is 4.90 Å². The summed E-state index contributed by atoms with van der Waals surface area (Å²) < 4.78 is 36.5. The van der Waals surface area contributed by atoms with E-state index in [1.165, 1.54) is 23.9 Å². The van der Waals surface area contributed by atoms with Gasteiger partial charge in [0.25, 0.3) is 5.91 Å². The fourth-order valence-corrected chi connectivity index (χ4v) is 6.89. The van der Waals surface area contributed by atoms with Gasteiger partial charge in [-0.3, -0.25) is 4.79 Å². The number of hydrogen-bond acceptors (Lipinski definition) is 4. The SMILES string of the molecule is C=CCN1C(=NC(=O)Cc2ccc(F)cc2)S[C@H]2CS(=O)(=O)C[C@@H]21. The highest BCUT2D eigenvalue weighted by Gasteiger charge is 2.48. The lowest BCUT2D eigenvalue weighted by Gasteiger charge is -2.22. The lowest BCUT2D eigenvalue weighted by atomic mass is 10.1. The van der Waals surface area contributed by atoms with E-state index in [2.05, 4.69) is 11.6 Å². The van der Waals surface area contributed by atoms with Crippen LogP contribution < -0.4 is 0 Å². The first kappa shape index (κ1) is 17.2. The number of benzene rings is 1. The number of sulfone groups is 1. The Labute approximate surface area is 144 Å². The van der Waals surface area contributed by atoms with Crippen LogP contribution in [0.25, 0.3) is 0 Å². The summed E-state index contributed by atoms with van der Waals surface area (Å²) in [4.78, 5) is 18.2. The van der Waals surface area contributed by atoms with Crippen LogP contribution in [0.3, 0.4) is 0 Å². The molecule has 2 atom stereocenters. The average Bonchev–Trinajstić information content (AvgIpc) is 2.95. The molecule has 0 bridgehead atoms. The Kier molecular flexibility index (Phi) is 4.78. The molecular weight excluding hydrogens is 351 g/mol. The maximum absolute atomic E-state index is 12.9. The van der Waals surface area contributed by atoms with Crippen LogP contribution in [-0.4, -0.2) is 53.7 Å². The molecule has 1 amide bonds. The first-order valence-electron chi connectivity index (χ1n) is 7.48. The van der Waals surface area contributed by atoms with Gasteiger partial charge in [0.15, 0.2) is 15.0 Å². The highest BCUT2D eigenvalue weighted by Crippen LogP contribution is 2.38. The van der Waals surface area contributed by atoms with E-state index in [9.17, 15) is 17.6 Å². The Morgan fingerprint density at radius 1 is 1.38 bits per heavy atom. The molecule has 2 saturated heterocycles. The number of fused-ring (bicyclic) bond motifs is 1. The van der Waals surface area contributed by atoms with Gasteiger partial charge in [0, 0.05) is 11.8 Å². The number of carbonyl (C=O) groups is 1. The lowest BCUT2D eigenvalue weighted by molar-refractivity contribution is -0.117. The first-order valence-corrected chi connectivity index (χ1v) is 10.2. The van der Waals surface area contributed by atoms with Gasteiger partial charge in [0.2, 0.25) is 0 Å². The lowest BCUT2D eigenvalue weighted by Crippen LogP contribution is -2.37. The zero-order chi connectivity index (χ0) is 17.3. The third kappa shape index (κ3) is 3.70. The monoisotopic (exact) mass is 368 g/mol. The van der Waals surface area contributed by atoms with Crippen molar-refractivity contribution in [3.8, 4) is 0 Å². The number of rotatable bonds is 4. The quantitative estimate of drug-likeness (QED) is 0.756. The van der Waals surface area contributed by atoms with E-state index in [0.717, 1.165) is 0 Å². The molecule has 5 nitrogen and oxygen atoms in total. The fourth-order valence-electron chi connectivity index (χ4n) is 2.91. The second-order valence-corrected chi connectivity index (χ2v) is 9.19. The number of thioether (sulfide) groups is 1. The predicted molar refractivity (Wildman–Crippen MR) is 93.3 cm³/mol. The van der Waals surface area contributed by atoms with Crippen molar-refractivity contribution < 1.29 is 17.6 Å². The highest BCUT2D eigenvalue weighted by molar-refractivity contribution is 8.15. The molecular formula is C16H17FN2O3S2. The summed E-state index contributed by atoms with van der Waals surface area (Å²) in [6.45, 7) is 4.14. The van der Waals surface area contributed by atoms with E-state index >= 15 is 0 Å². The molecule has 2 fully saturated rings. The second-order valence-electron chi connectivity index (χ2n) is 5.83. The molecule has 128 valence electrons. The summed E-state index contributed by atoms with van der Waals surface area (Å²) in [5.41, 5.74) is 0.687. The molecule has 0 N–H and O–H groups in total. The van der Waals surface area contributed by atoms with E-state index in [4.69, 9.17) is 0 Å². The van der Waals surface area contributed by atoms with Crippen molar-refractivity contribution in [3.63, 3.8) is 0 Å². The Balaban J connectivity index is 1.75. The van der Waals surface area contributed by atoms with Gasteiger partial charge in [-0.25, -0.2) is 12.8 Å². The number of carbonyl (C=O) groups excluding carboxylic acids is 1. The predicted octanol–water partition coefficient (Wildman–Crippen LogP) is 1.65. The molecule has 24 heavy (non-hydrogen) atoms. The van der Waals surface area contributed by atoms with Crippen LogP contribution in [0.5, 0.6) is 0 Å². The van der Waals surface area contributed by atoms with Crippen molar-refractivity contribution in [3.05, 3.63) is 48.3 Å². The Bertz CT molecular complexity index is 790. The minimum Gasteiger partial charge on any atom is -0.342 e. The van der Waals surface area contributed by atoms with Gasteiger partial charge in [0.05, 0.1) is 24.0 Å². The summed E-state index contributed by atoms with van der Waals surface area (Å²) in [5.74, 6) is -0.485. The number of halogens is 1. The van der Waals surface area contributed by atoms with Gasteiger partial charge in [-0.05, 0) is 17.7 Å². The van der Waals surface area contributed by atoms with Crippen molar-refractivity contribution in [2.75, 3.05) is 18.1 Å². The van der Waals surface area contributed by atoms with Gasteiger partial charge in [0.1, 0.15) is 5.82 Å². The van der Waals surface area contributed by atoms with Gasteiger partial charge in [-0.1, -0.05) is 30.0 Å². The molecule has 2 aliphatic rings. The summed E-state index contributed by atoms with van der Waals surface area (Å²) >= 11 is 1.34. The Hall–Kier alpha value is -1.67. The number of aliphatic imine (C=N–C) groups is 1.